The first-order chi connectivity index (χ1) is 9.54. The number of rotatable bonds is 4. The van der Waals surface area contributed by atoms with Crippen LogP contribution in [0.15, 0.2) is 24.3 Å². The smallest absolute Gasteiger partial charge is 0.238 e. The van der Waals surface area contributed by atoms with Crippen molar-refractivity contribution in [3.63, 3.8) is 0 Å². The molecule has 0 radical (unpaired) electrons. The van der Waals surface area contributed by atoms with Gasteiger partial charge < -0.3 is 16.4 Å². The molecule has 0 saturated carbocycles. The summed E-state index contributed by atoms with van der Waals surface area (Å²) in [5.41, 5.74) is 6.89. The second-order valence-corrected chi connectivity index (χ2v) is 4.99. The molecule has 1 heterocycles. The van der Waals surface area contributed by atoms with Crippen molar-refractivity contribution >= 4 is 34.7 Å². The van der Waals surface area contributed by atoms with Crippen molar-refractivity contribution in [2.45, 2.75) is 0 Å². The number of hydrogen-bond donors (Lipinski definition) is 3. The Hall–Kier alpha value is -1.99. The van der Waals surface area contributed by atoms with Crippen LogP contribution in [0.25, 0.3) is 0 Å². The Bertz CT molecular complexity index is 547. The summed E-state index contributed by atoms with van der Waals surface area (Å²) in [6.07, 6.45) is 0. The minimum atomic E-state index is -0.167. The molecule has 1 saturated heterocycles. The molecule has 0 unspecified atom stereocenters. The molecule has 2 rings (SSSR count). The highest BCUT2D eigenvalue weighted by Crippen LogP contribution is 2.10. The Morgan fingerprint density at radius 3 is 3.00 bits per heavy atom. The van der Waals surface area contributed by atoms with Crippen LogP contribution in [0.5, 0.6) is 0 Å². The van der Waals surface area contributed by atoms with Crippen LogP contribution in [0.2, 0.25) is 0 Å². The number of nitrogens with one attached hydrogen (secondary N) is 2. The van der Waals surface area contributed by atoms with Gasteiger partial charge in [0.25, 0.3) is 0 Å². The van der Waals surface area contributed by atoms with Crippen molar-refractivity contribution in [1.82, 2.24) is 10.2 Å². The van der Waals surface area contributed by atoms with E-state index in [0.29, 0.717) is 24.3 Å². The van der Waals surface area contributed by atoms with E-state index in [9.17, 15) is 9.59 Å². The summed E-state index contributed by atoms with van der Waals surface area (Å²) in [6, 6.07) is 7.05. The quantitative estimate of drug-likeness (QED) is 0.663. The summed E-state index contributed by atoms with van der Waals surface area (Å²) < 4.78 is 0. The fourth-order valence-corrected chi connectivity index (χ4v) is 2.11. The number of carbonyl (C=O) groups is 2. The number of anilines is 1. The summed E-state index contributed by atoms with van der Waals surface area (Å²) in [6.45, 7) is 1.68. The van der Waals surface area contributed by atoms with Crippen molar-refractivity contribution < 1.29 is 9.59 Å². The predicted octanol–water partition coefficient (Wildman–Crippen LogP) is -0.309. The van der Waals surface area contributed by atoms with Gasteiger partial charge in [0.05, 0.1) is 13.1 Å². The zero-order valence-electron chi connectivity index (χ0n) is 10.9. The van der Waals surface area contributed by atoms with Gasteiger partial charge in [0.15, 0.2) is 0 Å². The van der Waals surface area contributed by atoms with Gasteiger partial charge in [-0.1, -0.05) is 24.4 Å². The number of nitrogens with two attached hydrogens (primary N) is 1. The zero-order valence-corrected chi connectivity index (χ0v) is 11.7. The van der Waals surface area contributed by atoms with Gasteiger partial charge in [-0.05, 0) is 12.1 Å². The molecule has 1 aromatic rings. The normalized spacial score (nSPS) is 15.5. The van der Waals surface area contributed by atoms with E-state index in [1.807, 2.05) is 0 Å². The Morgan fingerprint density at radius 1 is 1.50 bits per heavy atom. The Morgan fingerprint density at radius 2 is 2.30 bits per heavy atom. The van der Waals surface area contributed by atoms with Crippen LogP contribution in [-0.2, 0) is 9.59 Å². The molecular weight excluding hydrogens is 276 g/mol. The fraction of sp³-hybridized carbons (Fsp3) is 0.308. The van der Waals surface area contributed by atoms with E-state index in [1.165, 1.54) is 0 Å². The molecule has 0 aliphatic carbocycles. The van der Waals surface area contributed by atoms with Crippen LogP contribution in [0.1, 0.15) is 5.56 Å². The Labute approximate surface area is 122 Å². The minimum Gasteiger partial charge on any atom is -0.389 e. The molecule has 4 N–H and O–H groups in total. The van der Waals surface area contributed by atoms with E-state index in [0.717, 1.165) is 0 Å². The van der Waals surface area contributed by atoms with E-state index in [-0.39, 0.29) is 29.9 Å². The summed E-state index contributed by atoms with van der Waals surface area (Å²) in [7, 11) is 0. The standard InChI is InChI=1S/C13H16N4O2S/c14-13(20)9-2-1-3-10(6-9)16-12(19)8-17-5-4-15-11(18)7-17/h1-3,6H,4-5,7-8H2,(H2,14,20)(H,15,18)(H,16,19). The number of carbonyl (C=O) groups excluding carboxylic acids is 2. The predicted molar refractivity (Wildman–Crippen MR) is 80.4 cm³/mol. The van der Waals surface area contributed by atoms with Gasteiger partial charge in [-0.2, -0.15) is 0 Å². The van der Waals surface area contributed by atoms with Crippen molar-refractivity contribution in [2.75, 3.05) is 31.5 Å². The summed E-state index contributed by atoms with van der Waals surface area (Å²) >= 11 is 4.89. The molecule has 106 valence electrons. The lowest BCUT2D eigenvalue weighted by Gasteiger charge is -2.25. The highest BCUT2D eigenvalue weighted by atomic mass is 32.1. The first kappa shape index (κ1) is 14.4. The van der Waals surface area contributed by atoms with Gasteiger partial charge in [0, 0.05) is 24.3 Å². The molecule has 1 aliphatic rings. The second kappa shape index (κ2) is 6.44. The lowest BCUT2D eigenvalue weighted by atomic mass is 10.2. The lowest BCUT2D eigenvalue weighted by molar-refractivity contribution is -0.125. The minimum absolute atomic E-state index is 0.0560. The SMILES string of the molecule is NC(=S)c1cccc(NC(=O)CN2CCNC(=O)C2)c1. The summed E-state index contributed by atoms with van der Waals surface area (Å²) in [4.78, 5) is 25.2. The van der Waals surface area contributed by atoms with Gasteiger partial charge in [0.2, 0.25) is 11.8 Å². The van der Waals surface area contributed by atoms with Crippen LogP contribution in [0.3, 0.4) is 0 Å². The topological polar surface area (TPSA) is 87.5 Å². The number of benzene rings is 1. The number of amides is 2. The highest BCUT2D eigenvalue weighted by molar-refractivity contribution is 7.80. The van der Waals surface area contributed by atoms with Crippen LogP contribution >= 0.6 is 12.2 Å². The molecule has 1 aromatic carbocycles. The van der Waals surface area contributed by atoms with Gasteiger partial charge in [-0.15, -0.1) is 0 Å². The number of piperazine rings is 1. The van der Waals surface area contributed by atoms with Crippen molar-refractivity contribution in [3.05, 3.63) is 29.8 Å². The zero-order chi connectivity index (χ0) is 14.5. The second-order valence-electron chi connectivity index (χ2n) is 4.55. The molecule has 6 nitrogen and oxygen atoms in total. The van der Waals surface area contributed by atoms with Crippen LogP contribution in [0, 0.1) is 0 Å². The molecule has 7 heteroatoms. The Balaban J connectivity index is 1.92. The first-order valence-corrected chi connectivity index (χ1v) is 6.64. The molecule has 0 atom stereocenters. The molecule has 1 aliphatic heterocycles. The van der Waals surface area contributed by atoms with E-state index >= 15 is 0 Å². The van der Waals surface area contributed by atoms with Gasteiger partial charge in [0.1, 0.15) is 4.99 Å². The van der Waals surface area contributed by atoms with Crippen molar-refractivity contribution in [3.8, 4) is 0 Å². The first-order valence-electron chi connectivity index (χ1n) is 6.23. The monoisotopic (exact) mass is 292 g/mol. The number of thiocarbonyl (C=S) groups is 1. The third-order valence-corrected chi connectivity index (χ3v) is 3.15. The van der Waals surface area contributed by atoms with Crippen LogP contribution in [-0.4, -0.2) is 47.9 Å². The lowest BCUT2D eigenvalue weighted by Crippen LogP contribution is -2.49. The molecular formula is C13H16N4O2S. The summed E-state index contributed by atoms with van der Waals surface area (Å²) in [5, 5.41) is 5.49. The molecule has 0 aromatic heterocycles. The van der Waals surface area contributed by atoms with E-state index in [4.69, 9.17) is 18.0 Å². The maximum Gasteiger partial charge on any atom is 0.238 e. The largest absolute Gasteiger partial charge is 0.389 e. The fourth-order valence-electron chi connectivity index (χ4n) is 1.98. The van der Waals surface area contributed by atoms with Crippen molar-refractivity contribution in [2.24, 2.45) is 5.73 Å². The molecule has 0 bridgehead atoms. The average molecular weight is 292 g/mol. The van der Waals surface area contributed by atoms with Gasteiger partial charge >= 0.3 is 0 Å². The molecule has 1 fully saturated rings. The highest BCUT2D eigenvalue weighted by Gasteiger charge is 2.18. The Kier molecular flexibility index (Phi) is 4.65. The van der Waals surface area contributed by atoms with Crippen molar-refractivity contribution in [1.29, 1.82) is 0 Å². The average Bonchev–Trinajstić information content (AvgIpc) is 2.38. The molecule has 2 amide bonds. The maximum atomic E-state index is 11.9. The van der Waals surface area contributed by atoms with Crippen LogP contribution in [0.4, 0.5) is 5.69 Å². The van der Waals surface area contributed by atoms with Gasteiger partial charge in [-0.25, -0.2) is 0 Å². The number of nitrogens with zero attached hydrogens (tertiary/aromatic N) is 1. The summed E-state index contributed by atoms with van der Waals surface area (Å²) in [5.74, 6) is -0.223. The third kappa shape index (κ3) is 4.01. The van der Waals surface area contributed by atoms with E-state index < -0.39 is 0 Å². The van der Waals surface area contributed by atoms with Crippen LogP contribution < -0.4 is 16.4 Å². The number of hydrogen-bond acceptors (Lipinski definition) is 4. The maximum absolute atomic E-state index is 11.9. The van der Waals surface area contributed by atoms with Gasteiger partial charge in [-0.3, -0.25) is 14.5 Å². The molecule has 20 heavy (non-hydrogen) atoms. The van der Waals surface area contributed by atoms with E-state index in [2.05, 4.69) is 10.6 Å². The molecule has 0 spiro atoms. The third-order valence-electron chi connectivity index (χ3n) is 2.92. The van der Waals surface area contributed by atoms with E-state index in [1.54, 1.807) is 29.2 Å².